The summed E-state index contributed by atoms with van der Waals surface area (Å²) >= 11 is 0. The van der Waals surface area contributed by atoms with Crippen LogP contribution in [0.3, 0.4) is 0 Å². The van der Waals surface area contributed by atoms with E-state index in [-0.39, 0.29) is 0 Å². The first-order chi connectivity index (χ1) is 9.29. The molecule has 0 saturated carbocycles. The number of hydrogen-bond acceptors (Lipinski definition) is 4. The van der Waals surface area contributed by atoms with Crippen LogP contribution in [0, 0.1) is 0 Å². The van der Waals surface area contributed by atoms with Gasteiger partial charge in [-0.25, -0.2) is 0 Å². The van der Waals surface area contributed by atoms with Gasteiger partial charge in [-0.05, 0) is 47.9 Å². The topological polar surface area (TPSA) is 106 Å². The van der Waals surface area contributed by atoms with Crippen molar-refractivity contribution in [3.63, 3.8) is 0 Å². The zero-order valence-electron chi connectivity index (χ0n) is 10.9. The van der Waals surface area contributed by atoms with Crippen molar-refractivity contribution < 1.29 is 13.0 Å². The minimum atomic E-state index is -4.19. The average molecular weight is 292 g/mol. The third kappa shape index (κ3) is 2.92. The second kappa shape index (κ2) is 5.15. The maximum absolute atomic E-state index is 11.4. The van der Waals surface area contributed by atoms with Crippen molar-refractivity contribution in [3.8, 4) is 11.1 Å². The lowest BCUT2D eigenvalue weighted by Crippen LogP contribution is -2.10. The molecule has 1 atom stereocenters. The Labute approximate surface area is 118 Å². The van der Waals surface area contributed by atoms with E-state index in [0.29, 0.717) is 22.5 Å². The van der Waals surface area contributed by atoms with E-state index in [1.54, 1.807) is 42.5 Å². The highest BCUT2D eigenvalue weighted by atomic mass is 32.2. The van der Waals surface area contributed by atoms with Gasteiger partial charge in [-0.1, -0.05) is 18.2 Å². The number of nitrogens with two attached hydrogens (primary N) is 2. The molecule has 0 spiro atoms. The molecule has 0 fully saturated rings. The average Bonchev–Trinajstić information content (AvgIpc) is 2.38. The quantitative estimate of drug-likeness (QED) is 0.595. The smallest absolute Gasteiger partial charge is 0.271 e. The number of anilines is 2. The molecule has 0 aliphatic rings. The zero-order chi connectivity index (χ0) is 14.9. The molecule has 0 aromatic heterocycles. The molecule has 2 rings (SSSR count). The van der Waals surface area contributed by atoms with Gasteiger partial charge in [0, 0.05) is 11.4 Å². The van der Waals surface area contributed by atoms with Gasteiger partial charge in [-0.15, -0.1) is 0 Å². The minimum Gasteiger partial charge on any atom is -0.399 e. The number of rotatable bonds is 3. The molecule has 0 bridgehead atoms. The molecule has 2 aromatic rings. The molecular formula is C14H16N2O3S. The molecule has 2 aromatic carbocycles. The molecular weight excluding hydrogens is 276 g/mol. The van der Waals surface area contributed by atoms with Crippen LogP contribution in [-0.4, -0.2) is 13.0 Å². The number of hydrogen-bond donors (Lipinski definition) is 3. The molecule has 0 amide bonds. The summed E-state index contributed by atoms with van der Waals surface area (Å²) in [4.78, 5) is 0. The van der Waals surface area contributed by atoms with Gasteiger partial charge in [0.15, 0.2) is 0 Å². The maximum Gasteiger partial charge on any atom is 0.271 e. The summed E-state index contributed by atoms with van der Waals surface area (Å²) in [5.41, 5.74) is 14.4. The molecule has 6 heteroatoms. The van der Waals surface area contributed by atoms with Crippen LogP contribution in [0.4, 0.5) is 11.4 Å². The zero-order valence-corrected chi connectivity index (χ0v) is 11.8. The Bertz CT molecular complexity index is 725. The van der Waals surface area contributed by atoms with Gasteiger partial charge in [0.1, 0.15) is 5.25 Å². The minimum absolute atomic E-state index is 0.440. The van der Waals surface area contributed by atoms with E-state index in [1.807, 2.05) is 0 Å². The summed E-state index contributed by atoms with van der Waals surface area (Å²) in [5, 5.41) is -1.06. The van der Waals surface area contributed by atoms with E-state index in [0.717, 1.165) is 5.56 Å². The Kier molecular flexibility index (Phi) is 3.69. The highest BCUT2D eigenvalue weighted by Gasteiger charge is 2.23. The highest BCUT2D eigenvalue weighted by molar-refractivity contribution is 7.86. The Morgan fingerprint density at radius 2 is 1.55 bits per heavy atom. The maximum atomic E-state index is 11.4. The predicted molar refractivity (Wildman–Crippen MR) is 80.7 cm³/mol. The van der Waals surface area contributed by atoms with Crippen molar-refractivity contribution in [2.75, 3.05) is 11.5 Å². The van der Waals surface area contributed by atoms with Gasteiger partial charge in [0.2, 0.25) is 0 Å². The molecule has 0 heterocycles. The molecule has 5 N–H and O–H groups in total. The Morgan fingerprint density at radius 1 is 1.00 bits per heavy atom. The van der Waals surface area contributed by atoms with Gasteiger partial charge in [0.25, 0.3) is 10.1 Å². The van der Waals surface area contributed by atoms with Gasteiger partial charge < -0.3 is 11.5 Å². The fourth-order valence-corrected chi connectivity index (χ4v) is 2.52. The van der Waals surface area contributed by atoms with Crippen LogP contribution in [0.2, 0.25) is 0 Å². The van der Waals surface area contributed by atoms with E-state index < -0.39 is 15.4 Å². The lowest BCUT2D eigenvalue weighted by Gasteiger charge is -2.15. The van der Waals surface area contributed by atoms with Crippen molar-refractivity contribution in [1.82, 2.24) is 0 Å². The van der Waals surface area contributed by atoms with Crippen molar-refractivity contribution in [1.29, 1.82) is 0 Å². The fourth-order valence-electron chi connectivity index (χ4n) is 2.00. The molecule has 5 nitrogen and oxygen atoms in total. The summed E-state index contributed by atoms with van der Waals surface area (Å²) in [5.74, 6) is 0. The lowest BCUT2D eigenvalue weighted by molar-refractivity contribution is 0.472. The first-order valence-corrected chi connectivity index (χ1v) is 7.51. The molecule has 1 unspecified atom stereocenters. The molecule has 20 heavy (non-hydrogen) atoms. The van der Waals surface area contributed by atoms with Crippen LogP contribution in [0.25, 0.3) is 11.1 Å². The van der Waals surface area contributed by atoms with Crippen molar-refractivity contribution in [2.45, 2.75) is 12.2 Å². The van der Waals surface area contributed by atoms with Gasteiger partial charge in [-0.3, -0.25) is 4.55 Å². The number of benzene rings is 2. The molecule has 0 aliphatic carbocycles. The predicted octanol–water partition coefficient (Wildman–Crippen LogP) is 2.47. The summed E-state index contributed by atoms with van der Waals surface area (Å²) < 4.78 is 32.0. The summed E-state index contributed by atoms with van der Waals surface area (Å²) in [7, 11) is -4.19. The van der Waals surface area contributed by atoms with Crippen LogP contribution in [0.5, 0.6) is 0 Å². The normalized spacial score (nSPS) is 13.1. The monoisotopic (exact) mass is 292 g/mol. The van der Waals surface area contributed by atoms with Crippen molar-refractivity contribution in [3.05, 3.63) is 48.0 Å². The first-order valence-electron chi connectivity index (χ1n) is 6.00. The van der Waals surface area contributed by atoms with E-state index in [4.69, 9.17) is 11.5 Å². The summed E-state index contributed by atoms with van der Waals surface area (Å²) in [6, 6.07) is 12.0. The standard InChI is InChI=1S/C14H16N2O3S/c1-9(20(17,18)19)14-8-12(16)6-7-13(14)10-2-4-11(15)5-3-10/h2-9H,15-16H2,1H3,(H,17,18,19). The second-order valence-corrected chi connectivity index (χ2v) is 6.36. The van der Waals surface area contributed by atoms with Gasteiger partial charge >= 0.3 is 0 Å². The summed E-state index contributed by atoms with van der Waals surface area (Å²) in [6.07, 6.45) is 0. The molecule has 0 aliphatic heterocycles. The van der Waals surface area contributed by atoms with E-state index in [9.17, 15) is 13.0 Å². The molecule has 106 valence electrons. The van der Waals surface area contributed by atoms with Crippen LogP contribution in [-0.2, 0) is 10.1 Å². The van der Waals surface area contributed by atoms with Crippen molar-refractivity contribution >= 4 is 21.5 Å². The van der Waals surface area contributed by atoms with Crippen LogP contribution < -0.4 is 11.5 Å². The number of nitrogen functional groups attached to an aromatic ring is 2. The lowest BCUT2D eigenvalue weighted by atomic mass is 9.97. The van der Waals surface area contributed by atoms with Crippen LogP contribution in [0.15, 0.2) is 42.5 Å². The van der Waals surface area contributed by atoms with Crippen LogP contribution in [0.1, 0.15) is 17.7 Å². The molecule has 0 radical (unpaired) electrons. The first kappa shape index (κ1) is 14.4. The SMILES string of the molecule is CC(c1cc(N)ccc1-c1ccc(N)cc1)S(=O)(=O)O. The fraction of sp³-hybridized carbons (Fsp3) is 0.143. The Hall–Kier alpha value is -2.05. The van der Waals surface area contributed by atoms with Gasteiger partial charge in [0.05, 0.1) is 0 Å². The van der Waals surface area contributed by atoms with Crippen LogP contribution >= 0.6 is 0 Å². The second-order valence-electron chi connectivity index (χ2n) is 4.63. The van der Waals surface area contributed by atoms with E-state index in [1.165, 1.54) is 6.92 Å². The molecule has 0 saturated heterocycles. The van der Waals surface area contributed by atoms with E-state index in [2.05, 4.69) is 0 Å². The van der Waals surface area contributed by atoms with Gasteiger partial charge in [-0.2, -0.15) is 8.42 Å². The summed E-state index contributed by atoms with van der Waals surface area (Å²) in [6.45, 7) is 1.42. The Balaban J connectivity index is 2.62. The highest BCUT2D eigenvalue weighted by Crippen LogP contribution is 2.33. The largest absolute Gasteiger partial charge is 0.399 e. The van der Waals surface area contributed by atoms with E-state index >= 15 is 0 Å². The third-order valence-corrected chi connectivity index (χ3v) is 4.33. The Morgan fingerprint density at radius 3 is 2.10 bits per heavy atom. The third-order valence-electron chi connectivity index (χ3n) is 3.18. The van der Waals surface area contributed by atoms with Crippen molar-refractivity contribution in [2.24, 2.45) is 0 Å².